The Kier molecular flexibility index (Phi) is 5.51. The summed E-state index contributed by atoms with van der Waals surface area (Å²) in [6.07, 6.45) is 0. The van der Waals surface area contributed by atoms with Gasteiger partial charge in [0.1, 0.15) is 24.7 Å². The molecule has 0 spiro atoms. The number of hydrogen-bond acceptors (Lipinski definition) is 7. The number of rotatable bonds is 5. The van der Waals surface area contributed by atoms with E-state index in [1.54, 1.807) is 25.3 Å². The van der Waals surface area contributed by atoms with Gasteiger partial charge in [0, 0.05) is 17.0 Å². The van der Waals surface area contributed by atoms with Gasteiger partial charge in [0.15, 0.2) is 11.5 Å². The molecular formula is C25H21NO6S. The molecule has 7 nitrogen and oxygen atoms in total. The normalized spacial score (nSPS) is 19.1. The van der Waals surface area contributed by atoms with Crippen LogP contribution in [-0.2, 0) is 16.1 Å². The molecule has 1 amide bonds. The van der Waals surface area contributed by atoms with Crippen molar-refractivity contribution in [3.8, 4) is 17.2 Å². The van der Waals surface area contributed by atoms with Crippen LogP contribution in [-0.4, -0.2) is 42.0 Å². The molecule has 1 aromatic heterocycles. The highest BCUT2D eigenvalue weighted by atomic mass is 32.1. The summed E-state index contributed by atoms with van der Waals surface area (Å²) in [6, 6.07) is 15.3. The molecule has 1 saturated heterocycles. The Morgan fingerprint density at radius 3 is 2.67 bits per heavy atom. The first kappa shape index (κ1) is 21.1. The molecule has 2 aliphatic rings. The van der Waals surface area contributed by atoms with E-state index in [0.717, 1.165) is 10.4 Å². The van der Waals surface area contributed by atoms with Gasteiger partial charge in [0.05, 0.1) is 18.7 Å². The highest BCUT2D eigenvalue weighted by molar-refractivity contribution is 7.10. The number of carbonyl (C=O) groups is 2. The van der Waals surface area contributed by atoms with E-state index in [9.17, 15) is 14.7 Å². The molecular weight excluding hydrogens is 442 g/mol. The van der Waals surface area contributed by atoms with Gasteiger partial charge in [-0.1, -0.05) is 18.2 Å². The van der Waals surface area contributed by atoms with E-state index < -0.39 is 17.7 Å². The lowest BCUT2D eigenvalue weighted by Gasteiger charge is -2.24. The number of nitrogens with zero attached hydrogens (tertiary/aromatic N) is 1. The van der Waals surface area contributed by atoms with Crippen molar-refractivity contribution in [2.45, 2.75) is 12.6 Å². The maximum Gasteiger partial charge on any atom is 0.295 e. The molecule has 1 N–H and O–H groups in total. The van der Waals surface area contributed by atoms with Crippen LogP contribution in [0.25, 0.3) is 5.76 Å². The first-order chi connectivity index (χ1) is 16.1. The Morgan fingerprint density at radius 1 is 1.09 bits per heavy atom. The smallest absolute Gasteiger partial charge is 0.295 e. The van der Waals surface area contributed by atoms with Crippen molar-refractivity contribution < 1.29 is 28.9 Å². The summed E-state index contributed by atoms with van der Waals surface area (Å²) in [4.78, 5) is 28.5. The molecule has 0 aliphatic carbocycles. The van der Waals surface area contributed by atoms with Crippen LogP contribution in [0.3, 0.4) is 0 Å². The summed E-state index contributed by atoms with van der Waals surface area (Å²) < 4.78 is 16.4. The highest BCUT2D eigenvalue weighted by Crippen LogP contribution is 2.43. The average molecular weight is 464 g/mol. The average Bonchev–Trinajstić information content (AvgIpc) is 3.46. The van der Waals surface area contributed by atoms with Gasteiger partial charge < -0.3 is 24.2 Å². The molecule has 3 heterocycles. The van der Waals surface area contributed by atoms with E-state index in [1.165, 1.54) is 16.2 Å². The number of Topliss-reactive ketones (excluding diaryl/α,β-unsaturated/α-hetero) is 1. The molecule has 0 radical (unpaired) electrons. The van der Waals surface area contributed by atoms with Crippen LogP contribution < -0.4 is 14.2 Å². The van der Waals surface area contributed by atoms with Crippen LogP contribution in [0.2, 0.25) is 0 Å². The predicted molar refractivity (Wildman–Crippen MR) is 123 cm³/mol. The number of ketones is 1. The van der Waals surface area contributed by atoms with E-state index in [1.807, 2.05) is 41.8 Å². The molecule has 1 atom stereocenters. The number of amides is 1. The molecule has 3 aromatic rings. The van der Waals surface area contributed by atoms with E-state index in [2.05, 4.69) is 0 Å². The first-order valence-electron chi connectivity index (χ1n) is 10.4. The minimum absolute atomic E-state index is 0.0574. The summed E-state index contributed by atoms with van der Waals surface area (Å²) in [7, 11) is 1.57. The molecule has 2 aliphatic heterocycles. The topological polar surface area (TPSA) is 85.3 Å². The third-order valence-electron chi connectivity index (χ3n) is 5.66. The second kappa shape index (κ2) is 8.63. The number of aliphatic hydroxyl groups is 1. The fourth-order valence-electron chi connectivity index (χ4n) is 4.10. The number of benzene rings is 2. The van der Waals surface area contributed by atoms with Crippen molar-refractivity contribution in [3.63, 3.8) is 0 Å². The minimum Gasteiger partial charge on any atom is -0.507 e. The Morgan fingerprint density at radius 2 is 1.91 bits per heavy atom. The van der Waals surface area contributed by atoms with Crippen LogP contribution in [0.5, 0.6) is 17.2 Å². The van der Waals surface area contributed by atoms with Crippen molar-refractivity contribution in [1.29, 1.82) is 0 Å². The quantitative estimate of drug-likeness (QED) is 0.348. The molecule has 33 heavy (non-hydrogen) atoms. The molecule has 1 fully saturated rings. The zero-order valence-electron chi connectivity index (χ0n) is 17.8. The lowest BCUT2D eigenvalue weighted by molar-refractivity contribution is -0.140. The number of likely N-dealkylation sites (tertiary alicyclic amines) is 1. The maximum absolute atomic E-state index is 13.2. The summed E-state index contributed by atoms with van der Waals surface area (Å²) >= 11 is 1.42. The molecule has 168 valence electrons. The van der Waals surface area contributed by atoms with E-state index in [4.69, 9.17) is 14.2 Å². The van der Waals surface area contributed by atoms with Gasteiger partial charge >= 0.3 is 0 Å². The van der Waals surface area contributed by atoms with Crippen molar-refractivity contribution in [2.24, 2.45) is 0 Å². The number of thiophene rings is 1. The number of ether oxygens (including phenoxy) is 3. The Bertz CT molecular complexity index is 1250. The Labute approximate surface area is 194 Å². The van der Waals surface area contributed by atoms with Crippen molar-refractivity contribution in [1.82, 2.24) is 4.90 Å². The van der Waals surface area contributed by atoms with E-state index in [-0.39, 0.29) is 17.9 Å². The van der Waals surface area contributed by atoms with Crippen LogP contribution in [0, 0.1) is 0 Å². The summed E-state index contributed by atoms with van der Waals surface area (Å²) in [5.41, 5.74) is 1.26. The summed E-state index contributed by atoms with van der Waals surface area (Å²) in [6.45, 7) is 1.05. The van der Waals surface area contributed by atoms with Gasteiger partial charge in [-0.05, 0) is 47.3 Å². The third-order valence-corrected chi connectivity index (χ3v) is 6.58. The zero-order valence-corrected chi connectivity index (χ0v) is 18.6. The summed E-state index contributed by atoms with van der Waals surface area (Å²) in [5, 5.41) is 13.1. The molecule has 1 unspecified atom stereocenters. The maximum atomic E-state index is 13.2. The van der Waals surface area contributed by atoms with Gasteiger partial charge in [0.25, 0.3) is 11.7 Å². The lowest BCUT2D eigenvalue weighted by Crippen LogP contribution is -2.28. The third kappa shape index (κ3) is 3.82. The molecule has 0 saturated carbocycles. The van der Waals surface area contributed by atoms with Gasteiger partial charge in [-0.15, -0.1) is 11.3 Å². The van der Waals surface area contributed by atoms with Crippen LogP contribution in [0.15, 0.2) is 65.6 Å². The highest BCUT2D eigenvalue weighted by Gasteiger charge is 2.46. The molecule has 5 rings (SSSR count). The van der Waals surface area contributed by atoms with Crippen LogP contribution in [0.1, 0.15) is 22.0 Å². The summed E-state index contributed by atoms with van der Waals surface area (Å²) in [5.74, 6) is 0.110. The number of fused-ring (bicyclic) bond motifs is 1. The number of methoxy groups -OCH3 is 1. The number of hydrogen-bond donors (Lipinski definition) is 1. The first-order valence-corrected chi connectivity index (χ1v) is 11.3. The van der Waals surface area contributed by atoms with Gasteiger partial charge in [-0.2, -0.15) is 0 Å². The van der Waals surface area contributed by atoms with Crippen LogP contribution >= 0.6 is 11.3 Å². The SMILES string of the molecule is COc1cccc(CN2C(=O)C(=O)/C(=C(\O)c3ccc4c(c3)OCCO4)C2c2cccs2)c1. The molecule has 2 aromatic carbocycles. The largest absolute Gasteiger partial charge is 0.507 e. The number of aliphatic hydroxyl groups excluding tert-OH is 1. The molecule has 0 bridgehead atoms. The van der Waals surface area contributed by atoms with Crippen molar-refractivity contribution >= 4 is 28.8 Å². The van der Waals surface area contributed by atoms with Gasteiger partial charge in [0.2, 0.25) is 0 Å². The fourth-order valence-corrected chi connectivity index (χ4v) is 4.94. The second-order valence-corrected chi connectivity index (χ2v) is 8.63. The standard InChI is InChI=1S/C25H21NO6S/c1-30-17-5-2-4-15(12-17)14-26-22(20-6-3-11-33-20)21(24(28)25(26)29)23(27)16-7-8-18-19(13-16)32-10-9-31-18/h2-8,11-13,22,27H,9-10,14H2,1H3/b23-21-. The van der Waals surface area contributed by atoms with Crippen LogP contribution in [0.4, 0.5) is 0 Å². The fraction of sp³-hybridized carbons (Fsp3) is 0.200. The van der Waals surface area contributed by atoms with E-state index in [0.29, 0.717) is 36.0 Å². The predicted octanol–water partition coefficient (Wildman–Crippen LogP) is 4.15. The molecule has 8 heteroatoms. The monoisotopic (exact) mass is 463 g/mol. The van der Waals surface area contributed by atoms with Crippen molar-refractivity contribution in [2.75, 3.05) is 20.3 Å². The van der Waals surface area contributed by atoms with E-state index >= 15 is 0 Å². The zero-order chi connectivity index (χ0) is 22.9. The van der Waals surface area contributed by atoms with Gasteiger partial charge in [-0.3, -0.25) is 9.59 Å². The second-order valence-electron chi connectivity index (χ2n) is 7.65. The van der Waals surface area contributed by atoms with Gasteiger partial charge in [-0.25, -0.2) is 0 Å². The Hall–Kier alpha value is -3.78. The lowest BCUT2D eigenvalue weighted by atomic mass is 9.99. The Balaban J connectivity index is 1.59. The van der Waals surface area contributed by atoms with Crippen molar-refractivity contribution in [3.05, 3.63) is 81.6 Å². The number of carbonyl (C=O) groups excluding carboxylic acids is 2. The minimum atomic E-state index is -0.719.